The first-order chi connectivity index (χ1) is 8.69. The Hall–Kier alpha value is -1.46. The third-order valence-electron chi connectivity index (χ3n) is 3.02. The second kappa shape index (κ2) is 5.93. The molecule has 0 bridgehead atoms. The Morgan fingerprint density at radius 2 is 2.33 bits per heavy atom. The number of nitrogens with two attached hydrogens (primary N) is 1. The number of halogens is 1. The Balaban J connectivity index is 1.82. The average molecular weight is 252 g/mol. The molecule has 0 aromatic heterocycles. The first-order valence-electron chi connectivity index (χ1n) is 6.06. The van der Waals surface area contributed by atoms with Crippen molar-refractivity contribution in [1.29, 1.82) is 0 Å². The first-order valence-corrected chi connectivity index (χ1v) is 6.06. The minimum atomic E-state index is -0.424. The number of hydrogen-bond acceptors (Lipinski definition) is 3. The number of amides is 1. The second-order valence-electron chi connectivity index (χ2n) is 4.41. The Bertz CT molecular complexity index is 425. The van der Waals surface area contributed by atoms with Crippen LogP contribution in [0.2, 0.25) is 0 Å². The van der Waals surface area contributed by atoms with E-state index in [1.54, 1.807) is 12.1 Å². The van der Waals surface area contributed by atoms with Gasteiger partial charge in [-0.25, -0.2) is 4.39 Å². The fraction of sp³-hybridized carbons (Fsp3) is 0.462. The summed E-state index contributed by atoms with van der Waals surface area (Å²) in [4.78, 5) is 11.8. The molecule has 3 N–H and O–H groups in total. The molecule has 1 saturated heterocycles. The van der Waals surface area contributed by atoms with E-state index < -0.39 is 6.10 Å². The van der Waals surface area contributed by atoms with Crippen molar-refractivity contribution in [2.75, 3.05) is 6.54 Å². The highest BCUT2D eigenvalue weighted by Crippen LogP contribution is 2.18. The topological polar surface area (TPSA) is 64.4 Å². The summed E-state index contributed by atoms with van der Waals surface area (Å²) < 4.78 is 18.4. The van der Waals surface area contributed by atoms with Gasteiger partial charge in [0, 0.05) is 13.1 Å². The van der Waals surface area contributed by atoms with Crippen LogP contribution in [0, 0.1) is 5.82 Å². The van der Waals surface area contributed by atoms with Gasteiger partial charge < -0.3 is 15.8 Å². The Morgan fingerprint density at radius 3 is 3.00 bits per heavy atom. The molecule has 2 rings (SSSR count). The Labute approximate surface area is 105 Å². The van der Waals surface area contributed by atoms with Gasteiger partial charge in [0.2, 0.25) is 5.91 Å². The molecule has 18 heavy (non-hydrogen) atoms. The van der Waals surface area contributed by atoms with Gasteiger partial charge in [0.05, 0.1) is 6.10 Å². The lowest BCUT2D eigenvalue weighted by Crippen LogP contribution is -2.35. The molecule has 1 amide bonds. The molecule has 0 aliphatic carbocycles. The molecule has 4 nitrogen and oxygen atoms in total. The van der Waals surface area contributed by atoms with E-state index >= 15 is 0 Å². The summed E-state index contributed by atoms with van der Waals surface area (Å²) in [6.07, 6.45) is 1.06. The quantitative estimate of drug-likeness (QED) is 0.838. The highest BCUT2D eigenvalue weighted by Gasteiger charge is 2.29. The third kappa shape index (κ3) is 3.27. The van der Waals surface area contributed by atoms with Gasteiger partial charge in [-0.15, -0.1) is 0 Å². The van der Waals surface area contributed by atoms with Crippen molar-refractivity contribution in [3.8, 4) is 0 Å². The lowest BCUT2D eigenvalue weighted by atomic mass is 10.2. The van der Waals surface area contributed by atoms with Crippen molar-refractivity contribution in [3.63, 3.8) is 0 Å². The smallest absolute Gasteiger partial charge is 0.249 e. The van der Waals surface area contributed by atoms with Crippen molar-refractivity contribution in [2.45, 2.75) is 31.6 Å². The average Bonchev–Trinajstić information content (AvgIpc) is 2.85. The summed E-state index contributed by atoms with van der Waals surface area (Å²) in [6.45, 7) is 0.747. The number of ether oxygens (including phenoxy) is 1. The molecule has 1 aromatic rings. The SMILES string of the molecule is NCC1CCC(C(=O)NCc2cccc(F)c2)O1. The van der Waals surface area contributed by atoms with Gasteiger partial charge in [0.15, 0.2) is 0 Å². The minimum absolute atomic E-state index is 0.0186. The zero-order chi connectivity index (χ0) is 13.0. The third-order valence-corrected chi connectivity index (χ3v) is 3.02. The van der Waals surface area contributed by atoms with Crippen LogP contribution in [0.25, 0.3) is 0 Å². The van der Waals surface area contributed by atoms with E-state index in [0.717, 1.165) is 12.0 Å². The van der Waals surface area contributed by atoms with Crippen molar-refractivity contribution in [1.82, 2.24) is 5.32 Å². The fourth-order valence-electron chi connectivity index (χ4n) is 2.02. The molecular formula is C13H17FN2O2. The Kier molecular flexibility index (Phi) is 4.28. The molecule has 1 aromatic carbocycles. The summed E-state index contributed by atoms with van der Waals surface area (Å²) in [5, 5.41) is 2.74. The maximum Gasteiger partial charge on any atom is 0.249 e. The highest BCUT2D eigenvalue weighted by molar-refractivity contribution is 5.81. The van der Waals surface area contributed by atoms with Crippen LogP contribution in [0.1, 0.15) is 18.4 Å². The van der Waals surface area contributed by atoms with Crippen LogP contribution in [0.4, 0.5) is 4.39 Å². The molecule has 1 heterocycles. The van der Waals surface area contributed by atoms with E-state index in [0.29, 0.717) is 19.5 Å². The van der Waals surface area contributed by atoms with E-state index in [4.69, 9.17) is 10.5 Å². The predicted molar refractivity (Wildman–Crippen MR) is 65.2 cm³/mol. The second-order valence-corrected chi connectivity index (χ2v) is 4.41. The van der Waals surface area contributed by atoms with Crippen molar-refractivity contribution >= 4 is 5.91 Å². The molecule has 1 aliphatic rings. The van der Waals surface area contributed by atoms with Gasteiger partial charge in [-0.1, -0.05) is 12.1 Å². The molecular weight excluding hydrogens is 235 g/mol. The van der Waals surface area contributed by atoms with Crippen LogP contribution >= 0.6 is 0 Å². The minimum Gasteiger partial charge on any atom is -0.364 e. The lowest BCUT2D eigenvalue weighted by Gasteiger charge is -2.12. The monoisotopic (exact) mass is 252 g/mol. The molecule has 0 saturated carbocycles. The summed E-state index contributed by atoms with van der Waals surface area (Å²) in [6, 6.07) is 6.16. The van der Waals surface area contributed by atoms with Gasteiger partial charge in [-0.2, -0.15) is 0 Å². The summed E-state index contributed by atoms with van der Waals surface area (Å²) >= 11 is 0. The van der Waals surface area contributed by atoms with Crippen molar-refractivity contribution in [2.24, 2.45) is 5.73 Å². The summed E-state index contributed by atoms with van der Waals surface area (Å²) in [5.74, 6) is -0.461. The van der Waals surface area contributed by atoms with Gasteiger partial charge >= 0.3 is 0 Å². The zero-order valence-electron chi connectivity index (χ0n) is 10.1. The van der Waals surface area contributed by atoms with Crippen LogP contribution in [0.15, 0.2) is 24.3 Å². The van der Waals surface area contributed by atoms with Crippen molar-refractivity contribution in [3.05, 3.63) is 35.6 Å². The maximum atomic E-state index is 12.9. The summed E-state index contributed by atoms with van der Waals surface area (Å²) in [5.41, 5.74) is 6.21. The number of benzene rings is 1. The van der Waals surface area contributed by atoms with E-state index in [9.17, 15) is 9.18 Å². The summed E-state index contributed by atoms with van der Waals surface area (Å²) in [7, 11) is 0. The number of hydrogen-bond donors (Lipinski definition) is 2. The fourth-order valence-corrected chi connectivity index (χ4v) is 2.02. The number of carbonyl (C=O) groups excluding carboxylic acids is 1. The van der Waals surface area contributed by atoms with Crippen LogP contribution in [0.5, 0.6) is 0 Å². The normalized spacial score (nSPS) is 23.0. The van der Waals surface area contributed by atoms with Crippen LogP contribution < -0.4 is 11.1 Å². The molecule has 98 valence electrons. The number of nitrogens with one attached hydrogen (secondary N) is 1. The molecule has 2 atom stereocenters. The molecule has 0 spiro atoms. The highest BCUT2D eigenvalue weighted by atomic mass is 19.1. The van der Waals surface area contributed by atoms with E-state index in [1.807, 2.05) is 0 Å². The Morgan fingerprint density at radius 1 is 1.50 bits per heavy atom. The van der Waals surface area contributed by atoms with E-state index in [2.05, 4.69) is 5.32 Å². The zero-order valence-corrected chi connectivity index (χ0v) is 10.1. The van der Waals surface area contributed by atoms with Crippen molar-refractivity contribution < 1.29 is 13.9 Å². The van der Waals surface area contributed by atoms with Crippen LogP contribution in [0.3, 0.4) is 0 Å². The first kappa shape index (κ1) is 13.0. The molecule has 2 unspecified atom stereocenters. The molecule has 1 fully saturated rings. The predicted octanol–water partition coefficient (Wildman–Crippen LogP) is 0.948. The number of carbonyl (C=O) groups is 1. The van der Waals surface area contributed by atoms with Gasteiger partial charge in [-0.3, -0.25) is 4.79 Å². The van der Waals surface area contributed by atoms with Crippen LogP contribution in [-0.2, 0) is 16.1 Å². The van der Waals surface area contributed by atoms with E-state index in [1.165, 1.54) is 12.1 Å². The standard InChI is InChI=1S/C13H17FN2O2/c14-10-3-1-2-9(6-10)8-16-13(17)12-5-4-11(7-15)18-12/h1-3,6,11-12H,4-5,7-8,15H2,(H,16,17). The number of rotatable bonds is 4. The maximum absolute atomic E-state index is 12.9. The molecule has 0 radical (unpaired) electrons. The molecule has 5 heteroatoms. The van der Waals surface area contributed by atoms with Crippen LogP contribution in [-0.4, -0.2) is 24.7 Å². The largest absolute Gasteiger partial charge is 0.364 e. The molecule has 1 aliphatic heterocycles. The van der Waals surface area contributed by atoms with Gasteiger partial charge in [0.25, 0.3) is 0 Å². The van der Waals surface area contributed by atoms with Gasteiger partial charge in [-0.05, 0) is 30.5 Å². The van der Waals surface area contributed by atoms with Gasteiger partial charge in [0.1, 0.15) is 11.9 Å². The van der Waals surface area contributed by atoms with E-state index in [-0.39, 0.29) is 17.8 Å². The lowest BCUT2D eigenvalue weighted by molar-refractivity contribution is -0.132.